The Labute approximate surface area is 184 Å². The van der Waals surface area contributed by atoms with Crippen LogP contribution in [0.15, 0.2) is 40.9 Å². The van der Waals surface area contributed by atoms with Crippen molar-refractivity contribution in [1.82, 2.24) is 24.4 Å². The van der Waals surface area contributed by atoms with E-state index in [4.69, 9.17) is 9.47 Å². The smallest absolute Gasteiger partial charge is 0.207 e. The summed E-state index contributed by atoms with van der Waals surface area (Å²) in [5.41, 5.74) is 2.14. The minimum absolute atomic E-state index is 0.298. The van der Waals surface area contributed by atoms with Crippen molar-refractivity contribution in [3.05, 3.63) is 52.4 Å². The van der Waals surface area contributed by atoms with E-state index >= 15 is 0 Å². The van der Waals surface area contributed by atoms with Crippen molar-refractivity contribution >= 4 is 38.3 Å². The Kier molecular flexibility index (Phi) is 5.64. The van der Waals surface area contributed by atoms with Crippen molar-refractivity contribution in [1.29, 1.82) is 0 Å². The minimum Gasteiger partial charge on any atom is -0.497 e. The number of methoxy groups -OCH3 is 2. The molecule has 0 spiro atoms. The Hall–Kier alpha value is -3.05. The summed E-state index contributed by atoms with van der Waals surface area (Å²) < 4.78 is 31.3. The molecule has 2 aromatic heterocycles. The normalized spacial score (nSPS) is 10.8. The van der Waals surface area contributed by atoms with Crippen molar-refractivity contribution in [2.24, 2.45) is 0 Å². The quantitative estimate of drug-likeness (QED) is 0.416. The Morgan fingerprint density at radius 3 is 2.50 bits per heavy atom. The molecule has 0 saturated heterocycles. The Morgan fingerprint density at radius 1 is 1.10 bits per heavy atom. The number of anilines is 2. The Balaban J connectivity index is 1.61. The second-order valence-electron chi connectivity index (χ2n) is 6.18. The van der Waals surface area contributed by atoms with Crippen LogP contribution in [-0.4, -0.2) is 38.6 Å². The van der Waals surface area contributed by atoms with E-state index < -0.39 is 5.82 Å². The van der Waals surface area contributed by atoms with Gasteiger partial charge in [-0.1, -0.05) is 21.1 Å². The summed E-state index contributed by atoms with van der Waals surface area (Å²) in [7, 11) is 3.17. The highest BCUT2D eigenvalue weighted by Gasteiger charge is 2.18. The largest absolute Gasteiger partial charge is 0.497 e. The molecule has 0 aliphatic carbocycles. The van der Waals surface area contributed by atoms with Gasteiger partial charge in [0.15, 0.2) is 11.5 Å². The molecule has 0 unspecified atom stereocenters. The lowest BCUT2D eigenvalue weighted by molar-refractivity contribution is 0.395. The molecule has 11 heteroatoms. The summed E-state index contributed by atoms with van der Waals surface area (Å²) in [6, 6.07) is 10.2. The number of hydrogen-bond acceptors (Lipinski definition) is 8. The van der Waals surface area contributed by atoms with Crippen LogP contribution in [-0.2, 0) is 0 Å². The maximum atomic E-state index is 14.3. The first-order valence-electron chi connectivity index (χ1n) is 8.70. The Bertz CT molecular complexity index is 1190. The van der Waals surface area contributed by atoms with Gasteiger partial charge < -0.3 is 14.8 Å². The van der Waals surface area contributed by atoms with E-state index in [2.05, 4.69) is 40.9 Å². The first-order chi connectivity index (χ1) is 14.5. The fourth-order valence-electron chi connectivity index (χ4n) is 2.79. The third kappa shape index (κ3) is 3.98. The molecule has 4 rings (SSSR count). The van der Waals surface area contributed by atoms with Gasteiger partial charge in [0.25, 0.3) is 0 Å². The van der Waals surface area contributed by atoms with E-state index in [1.54, 1.807) is 39.3 Å². The first-order valence-corrected chi connectivity index (χ1v) is 10.3. The van der Waals surface area contributed by atoms with Gasteiger partial charge in [-0.3, -0.25) is 0 Å². The van der Waals surface area contributed by atoms with Gasteiger partial charge in [-0.15, -0.1) is 5.10 Å². The molecule has 4 aromatic rings. The zero-order chi connectivity index (χ0) is 21.3. The van der Waals surface area contributed by atoms with Crippen molar-refractivity contribution in [3.63, 3.8) is 0 Å². The van der Waals surface area contributed by atoms with Crippen LogP contribution in [0.2, 0.25) is 0 Å². The van der Waals surface area contributed by atoms with E-state index in [9.17, 15) is 4.39 Å². The van der Waals surface area contributed by atoms with Gasteiger partial charge in [-0.25, -0.2) is 9.07 Å². The molecule has 2 heterocycles. The topological polar surface area (TPSA) is 87.0 Å². The van der Waals surface area contributed by atoms with Crippen LogP contribution >= 0.6 is 27.5 Å². The summed E-state index contributed by atoms with van der Waals surface area (Å²) in [5, 5.41) is 12.0. The van der Waals surface area contributed by atoms with Crippen LogP contribution < -0.4 is 14.8 Å². The standard InChI is InChI=1S/C19H16BrFN6O2S/c1-10-17(24-26-27(10)16-5-4-11(20)6-15(16)21)18-23-19(30-25-18)22-12-7-13(28-2)9-14(8-12)29-3/h4-9H,1-3H3,(H,22,23,25). The lowest BCUT2D eigenvalue weighted by Gasteiger charge is -2.08. The number of ether oxygens (including phenoxy) is 2. The van der Waals surface area contributed by atoms with E-state index in [1.807, 2.05) is 12.1 Å². The zero-order valence-electron chi connectivity index (χ0n) is 16.2. The summed E-state index contributed by atoms with van der Waals surface area (Å²) >= 11 is 4.42. The lowest BCUT2D eigenvalue weighted by Crippen LogP contribution is -2.02. The molecule has 1 N–H and O–H groups in total. The molecular formula is C19H16BrFN6O2S. The molecule has 0 saturated carbocycles. The van der Waals surface area contributed by atoms with Crippen LogP contribution in [0.4, 0.5) is 15.2 Å². The molecule has 8 nitrogen and oxygen atoms in total. The predicted molar refractivity (Wildman–Crippen MR) is 115 cm³/mol. The maximum Gasteiger partial charge on any atom is 0.207 e. The molecule has 0 atom stereocenters. The van der Waals surface area contributed by atoms with Crippen molar-refractivity contribution in [2.45, 2.75) is 6.92 Å². The average Bonchev–Trinajstić information content (AvgIpc) is 3.34. The van der Waals surface area contributed by atoms with Gasteiger partial charge in [0.2, 0.25) is 5.13 Å². The molecule has 0 amide bonds. The van der Waals surface area contributed by atoms with Crippen LogP contribution in [0.5, 0.6) is 11.5 Å². The third-order valence-corrected chi connectivity index (χ3v) is 5.40. The third-order valence-electron chi connectivity index (χ3n) is 4.27. The highest BCUT2D eigenvalue weighted by atomic mass is 79.9. The molecule has 0 aliphatic heterocycles. The summed E-state index contributed by atoms with van der Waals surface area (Å²) in [4.78, 5) is 4.49. The molecular weight excluding hydrogens is 475 g/mol. The number of hydrogen-bond donors (Lipinski definition) is 1. The number of nitrogens with zero attached hydrogens (tertiary/aromatic N) is 5. The number of halogens is 2. The van der Waals surface area contributed by atoms with Gasteiger partial charge in [0, 0.05) is 39.9 Å². The molecule has 0 aliphatic rings. The van der Waals surface area contributed by atoms with Gasteiger partial charge in [-0.2, -0.15) is 9.36 Å². The van der Waals surface area contributed by atoms with E-state index in [0.29, 0.717) is 44.0 Å². The number of benzene rings is 2. The Morgan fingerprint density at radius 2 is 1.83 bits per heavy atom. The van der Waals surface area contributed by atoms with Gasteiger partial charge in [0.05, 0.1) is 19.9 Å². The van der Waals surface area contributed by atoms with Crippen molar-refractivity contribution in [2.75, 3.05) is 19.5 Å². The fraction of sp³-hybridized carbons (Fsp3) is 0.158. The monoisotopic (exact) mass is 490 g/mol. The first kappa shape index (κ1) is 20.2. The van der Waals surface area contributed by atoms with Gasteiger partial charge in [-0.05, 0) is 25.1 Å². The van der Waals surface area contributed by atoms with Crippen LogP contribution in [0, 0.1) is 12.7 Å². The summed E-state index contributed by atoms with van der Waals surface area (Å²) in [6.07, 6.45) is 0. The number of aromatic nitrogens is 5. The highest BCUT2D eigenvalue weighted by Crippen LogP contribution is 2.30. The maximum absolute atomic E-state index is 14.3. The number of nitrogens with one attached hydrogen (secondary N) is 1. The van der Waals surface area contributed by atoms with Gasteiger partial charge in [0.1, 0.15) is 23.0 Å². The summed E-state index contributed by atoms with van der Waals surface area (Å²) in [5.74, 6) is 1.29. The lowest BCUT2D eigenvalue weighted by atomic mass is 10.2. The molecule has 0 bridgehead atoms. The molecule has 0 fully saturated rings. The molecule has 30 heavy (non-hydrogen) atoms. The molecule has 2 aromatic carbocycles. The van der Waals surface area contributed by atoms with E-state index in [1.165, 1.54) is 22.3 Å². The van der Waals surface area contributed by atoms with Crippen LogP contribution in [0.25, 0.3) is 17.2 Å². The van der Waals surface area contributed by atoms with Crippen molar-refractivity contribution in [3.8, 4) is 28.7 Å². The molecule has 0 radical (unpaired) electrons. The average molecular weight is 491 g/mol. The zero-order valence-corrected chi connectivity index (χ0v) is 18.6. The second-order valence-corrected chi connectivity index (χ2v) is 7.85. The fourth-order valence-corrected chi connectivity index (χ4v) is 3.72. The van der Waals surface area contributed by atoms with Gasteiger partial charge >= 0.3 is 0 Å². The van der Waals surface area contributed by atoms with Crippen molar-refractivity contribution < 1.29 is 13.9 Å². The van der Waals surface area contributed by atoms with E-state index in [-0.39, 0.29) is 0 Å². The van der Waals surface area contributed by atoms with E-state index in [0.717, 1.165) is 5.69 Å². The molecule has 154 valence electrons. The second kappa shape index (κ2) is 8.36. The summed E-state index contributed by atoms with van der Waals surface area (Å²) in [6.45, 7) is 1.79. The van der Waals surface area contributed by atoms with Crippen LogP contribution in [0.1, 0.15) is 5.69 Å². The number of rotatable bonds is 6. The SMILES string of the molecule is COc1cc(Nc2nc(-c3nnn(-c4ccc(Br)cc4F)c3C)ns2)cc(OC)c1. The van der Waals surface area contributed by atoms with Crippen LogP contribution in [0.3, 0.4) is 0 Å². The highest BCUT2D eigenvalue weighted by molar-refractivity contribution is 9.10. The minimum atomic E-state index is -0.413. The predicted octanol–water partition coefficient (Wildman–Crippen LogP) is 4.76.